The van der Waals surface area contributed by atoms with Crippen LogP contribution < -0.4 is 4.90 Å². The van der Waals surface area contributed by atoms with Crippen LogP contribution >= 0.6 is 0 Å². The molecule has 0 aliphatic carbocycles. The van der Waals surface area contributed by atoms with Gasteiger partial charge >= 0.3 is 0 Å². The fraction of sp³-hybridized carbons (Fsp3) is 0.588. The fourth-order valence-corrected chi connectivity index (χ4v) is 3.59. The molecule has 0 saturated carbocycles. The van der Waals surface area contributed by atoms with Crippen molar-refractivity contribution in [2.75, 3.05) is 24.5 Å². The van der Waals surface area contributed by atoms with Gasteiger partial charge in [-0.1, -0.05) is 6.07 Å². The van der Waals surface area contributed by atoms with Crippen LogP contribution in [0.2, 0.25) is 0 Å². The molecule has 0 aromatic heterocycles. The van der Waals surface area contributed by atoms with Gasteiger partial charge in [-0.15, -0.1) is 0 Å². The molecule has 1 aromatic carbocycles. The van der Waals surface area contributed by atoms with Crippen LogP contribution in [-0.4, -0.2) is 47.7 Å². The number of benzene rings is 1. The first-order chi connectivity index (χ1) is 10.6. The molecule has 2 aliphatic heterocycles. The van der Waals surface area contributed by atoms with E-state index in [-0.39, 0.29) is 29.8 Å². The Morgan fingerprint density at radius 3 is 2.82 bits per heavy atom. The molecule has 0 bridgehead atoms. The number of carbonyl (C=O) groups excluding carboxylic acids is 1. The minimum Gasteiger partial charge on any atom is -0.393 e. The van der Waals surface area contributed by atoms with E-state index in [0.29, 0.717) is 12.2 Å². The molecular weight excluding hydrogens is 283 g/mol. The monoisotopic (exact) mass is 306 g/mol. The van der Waals surface area contributed by atoms with Crippen LogP contribution in [0.5, 0.6) is 0 Å². The number of aliphatic hydroxyl groups is 1. The summed E-state index contributed by atoms with van der Waals surface area (Å²) in [4.78, 5) is 16.7. The van der Waals surface area contributed by atoms with Gasteiger partial charge in [0.1, 0.15) is 5.82 Å². The quantitative estimate of drug-likeness (QED) is 0.929. The molecule has 1 N–H and O–H groups in total. The highest BCUT2D eigenvalue weighted by atomic mass is 19.1. The number of amides is 1. The Bertz CT molecular complexity index is 549. The number of nitrogens with zero attached hydrogens (tertiary/aromatic N) is 2. The average Bonchev–Trinajstić information content (AvgIpc) is 2.97. The highest BCUT2D eigenvalue weighted by Crippen LogP contribution is 2.28. The predicted octanol–water partition coefficient (Wildman–Crippen LogP) is 2.02. The number of aliphatic hydroxyl groups excluding tert-OH is 1. The lowest BCUT2D eigenvalue weighted by Crippen LogP contribution is -2.52. The van der Waals surface area contributed by atoms with E-state index in [0.717, 1.165) is 32.4 Å². The van der Waals surface area contributed by atoms with Crippen LogP contribution in [0, 0.1) is 11.7 Å². The highest BCUT2D eigenvalue weighted by Gasteiger charge is 2.38. The SMILES string of the molecule is CC(O)C1CCN(C2CCCN(c3cccc(F)c3)C2=O)C1. The lowest BCUT2D eigenvalue weighted by Gasteiger charge is -2.37. The van der Waals surface area contributed by atoms with E-state index in [1.807, 2.05) is 6.92 Å². The third kappa shape index (κ3) is 3.01. The van der Waals surface area contributed by atoms with E-state index in [4.69, 9.17) is 0 Å². The van der Waals surface area contributed by atoms with Gasteiger partial charge in [-0.2, -0.15) is 0 Å². The van der Waals surface area contributed by atoms with Gasteiger partial charge in [0, 0.05) is 18.8 Å². The molecule has 5 heteroatoms. The van der Waals surface area contributed by atoms with Crippen molar-refractivity contribution < 1.29 is 14.3 Å². The van der Waals surface area contributed by atoms with Crippen LogP contribution in [0.25, 0.3) is 0 Å². The molecule has 2 aliphatic rings. The maximum atomic E-state index is 13.4. The van der Waals surface area contributed by atoms with Crippen LogP contribution in [0.4, 0.5) is 10.1 Å². The van der Waals surface area contributed by atoms with Crippen LogP contribution in [0.3, 0.4) is 0 Å². The molecule has 3 atom stereocenters. The molecule has 2 heterocycles. The summed E-state index contributed by atoms with van der Waals surface area (Å²) in [6.07, 6.45) is 2.37. The molecule has 22 heavy (non-hydrogen) atoms. The Balaban J connectivity index is 1.73. The van der Waals surface area contributed by atoms with Gasteiger partial charge in [-0.3, -0.25) is 9.69 Å². The summed E-state index contributed by atoms with van der Waals surface area (Å²) < 4.78 is 13.4. The van der Waals surface area contributed by atoms with Gasteiger partial charge in [-0.05, 0) is 56.8 Å². The van der Waals surface area contributed by atoms with E-state index >= 15 is 0 Å². The number of carbonyl (C=O) groups is 1. The largest absolute Gasteiger partial charge is 0.393 e. The Kier molecular flexibility index (Phi) is 4.45. The summed E-state index contributed by atoms with van der Waals surface area (Å²) in [6.45, 7) is 4.08. The van der Waals surface area contributed by atoms with Crippen molar-refractivity contribution in [3.63, 3.8) is 0 Å². The normalized spacial score (nSPS) is 28.1. The molecule has 120 valence electrons. The zero-order valence-electron chi connectivity index (χ0n) is 12.9. The third-order valence-corrected chi connectivity index (χ3v) is 4.91. The molecule has 0 radical (unpaired) electrons. The lowest BCUT2D eigenvalue weighted by atomic mass is 10.0. The summed E-state index contributed by atoms with van der Waals surface area (Å²) in [7, 11) is 0. The number of anilines is 1. The summed E-state index contributed by atoms with van der Waals surface area (Å²) in [5.74, 6) is -0.0109. The van der Waals surface area contributed by atoms with E-state index < -0.39 is 0 Å². The van der Waals surface area contributed by atoms with Gasteiger partial charge < -0.3 is 10.0 Å². The van der Waals surface area contributed by atoms with Gasteiger partial charge in [0.25, 0.3) is 0 Å². The van der Waals surface area contributed by atoms with Gasteiger partial charge in [0.2, 0.25) is 5.91 Å². The van der Waals surface area contributed by atoms with Crippen LogP contribution in [0.1, 0.15) is 26.2 Å². The van der Waals surface area contributed by atoms with Gasteiger partial charge in [-0.25, -0.2) is 4.39 Å². The fourth-order valence-electron chi connectivity index (χ4n) is 3.59. The zero-order valence-corrected chi connectivity index (χ0v) is 12.9. The van der Waals surface area contributed by atoms with Crippen molar-refractivity contribution in [1.82, 2.24) is 4.90 Å². The summed E-state index contributed by atoms with van der Waals surface area (Å²) in [5.41, 5.74) is 0.640. The van der Waals surface area contributed by atoms with Crippen molar-refractivity contribution in [2.45, 2.75) is 38.3 Å². The molecule has 3 unspecified atom stereocenters. The van der Waals surface area contributed by atoms with E-state index in [1.165, 1.54) is 12.1 Å². The number of piperidine rings is 1. The Morgan fingerprint density at radius 2 is 2.14 bits per heavy atom. The minimum absolute atomic E-state index is 0.0584. The molecular formula is C17H23FN2O2. The standard InChI is InChI=1S/C17H23FN2O2/c1-12(21)13-7-9-19(11-13)16-6-3-8-20(17(16)22)15-5-2-4-14(18)10-15/h2,4-5,10,12-13,16,21H,3,6-9,11H2,1H3. The van der Waals surface area contributed by atoms with Crippen LogP contribution in [0.15, 0.2) is 24.3 Å². The minimum atomic E-state index is -0.331. The molecule has 0 spiro atoms. The molecule has 4 nitrogen and oxygen atoms in total. The maximum absolute atomic E-state index is 13.4. The van der Waals surface area contributed by atoms with Crippen molar-refractivity contribution in [3.8, 4) is 0 Å². The van der Waals surface area contributed by atoms with Gasteiger partial charge in [0.05, 0.1) is 12.1 Å². The number of hydrogen-bond acceptors (Lipinski definition) is 3. The molecule has 1 amide bonds. The first-order valence-electron chi connectivity index (χ1n) is 8.05. The smallest absolute Gasteiger partial charge is 0.244 e. The second kappa shape index (κ2) is 6.34. The Morgan fingerprint density at radius 1 is 1.32 bits per heavy atom. The molecule has 2 fully saturated rings. The topological polar surface area (TPSA) is 43.8 Å². The maximum Gasteiger partial charge on any atom is 0.244 e. The second-order valence-corrected chi connectivity index (χ2v) is 6.41. The Hall–Kier alpha value is -1.46. The molecule has 2 saturated heterocycles. The average molecular weight is 306 g/mol. The number of halogens is 1. The lowest BCUT2D eigenvalue weighted by molar-refractivity contribution is -0.125. The first-order valence-corrected chi connectivity index (χ1v) is 8.05. The van der Waals surface area contributed by atoms with Crippen LogP contribution in [-0.2, 0) is 4.79 Å². The summed E-state index contributed by atoms with van der Waals surface area (Å²) in [5, 5.41) is 9.73. The Labute approximate surface area is 130 Å². The molecule has 3 rings (SSSR count). The van der Waals surface area contributed by atoms with Crippen molar-refractivity contribution in [2.24, 2.45) is 5.92 Å². The zero-order chi connectivity index (χ0) is 15.7. The predicted molar refractivity (Wildman–Crippen MR) is 83.1 cm³/mol. The van der Waals surface area contributed by atoms with Crippen molar-refractivity contribution >= 4 is 11.6 Å². The second-order valence-electron chi connectivity index (χ2n) is 6.41. The first kappa shape index (κ1) is 15.4. The number of likely N-dealkylation sites (tertiary alicyclic amines) is 1. The van der Waals surface area contributed by atoms with Crippen molar-refractivity contribution in [1.29, 1.82) is 0 Å². The summed E-state index contributed by atoms with van der Waals surface area (Å²) in [6, 6.07) is 6.10. The summed E-state index contributed by atoms with van der Waals surface area (Å²) >= 11 is 0. The number of rotatable bonds is 3. The van der Waals surface area contributed by atoms with Crippen molar-refractivity contribution in [3.05, 3.63) is 30.1 Å². The van der Waals surface area contributed by atoms with E-state index in [1.54, 1.807) is 17.0 Å². The third-order valence-electron chi connectivity index (χ3n) is 4.91. The highest BCUT2D eigenvalue weighted by molar-refractivity contribution is 5.97. The van der Waals surface area contributed by atoms with E-state index in [2.05, 4.69) is 4.90 Å². The molecule has 1 aromatic rings. The van der Waals surface area contributed by atoms with Gasteiger partial charge in [0.15, 0.2) is 0 Å². The van der Waals surface area contributed by atoms with E-state index in [9.17, 15) is 14.3 Å². The number of hydrogen-bond donors (Lipinski definition) is 1.